The van der Waals surface area contributed by atoms with E-state index in [0.717, 1.165) is 108 Å². The first-order valence-corrected chi connectivity index (χ1v) is 27.7. The zero-order valence-corrected chi connectivity index (χ0v) is 46.7. The maximum atomic E-state index is 13.7. The van der Waals surface area contributed by atoms with Crippen LogP contribution < -0.4 is 33.2 Å². The van der Waals surface area contributed by atoms with Gasteiger partial charge in [-0.15, -0.1) is 0 Å². The number of benzene rings is 5. The van der Waals surface area contributed by atoms with E-state index in [-0.39, 0.29) is 47.2 Å². The van der Waals surface area contributed by atoms with Crippen molar-refractivity contribution in [2.24, 2.45) is 0 Å². The van der Waals surface area contributed by atoms with Crippen LogP contribution in [0.5, 0.6) is 40.2 Å². The van der Waals surface area contributed by atoms with Crippen molar-refractivity contribution in [1.82, 2.24) is 0 Å². The smallest absolute Gasteiger partial charge is 0.343 e. The highest BCUT2D eigenvalue weighted by atomic mass is 16.6. The Morgan fingerprint density at radius 3 is 0.976 bits per heavy atom. The van der Waals surface area contributed by atoms with Gasteiger partial charge in [-0.2, -0.15) is 0 Å². The lowest BCUT2D eigenvalue weighted by molar-refractivity contribution is -0.138. The van der Waals surface area contributed by atoms with Crippen molar-refractivity contribution in [3.05, 3.63) is 175 Å². The normalized spacial score (nSPS) is 10.5. The van der Waals surface area contributed by atoms with E-state index in [4.69, 9.17) is 52.1 Å². The van der Waals surface area contributed by atoms with E-state index in [1.54, 1.807) is 84.9 Å². The maximum absolute atomic E-state index is 13.7. The van der Waals surface area contributed by atoms with E-state index in [2.05, 4.69) is 19.7 Å². The predicted molar refractivity (Wildman–Crippen MR) is 307 cm³/mol. The third kappa shape index (κ3) is 25.4. The van der Waals surface area contributed by atoms with Crippen molar-refractivity contribution in [1.29, 1.82) is 0 Å². The molecule has 0 aliphatic carbocycles. The van der Waals surface area contributed by atoms with Crippen LogP contribution in [-0.4, -0.2) is 94.6 Å². The molecule has 0 fully saturated rings. The predicted octanol–water partition coefficient (Wildman–Crippen LogP) is 12.4. The molecule has 0 aliphatic rings. The second-order valence-electron chi connectivity index (χ2n) is 18.5. The molecule has 5 aromatic carbocycles. The number of esters is 7. The number of hydrogen-bond donors (Lipinski definition) is 0. The molecule has 83 heavy (non-hydrogen) atoms. The van der Waals surface area contributed by atoms with Gasteiger partial charge in [0.05, 0.1) is 56.3 Å². The summed E-state index contributed by atoms with van der Waals surface area (Å²) in [6.45, 7) is 12.3. The van der Waals surface area contributed by atoms with Gasteiger partial charge in [0.15, 0.2) is 0 Å². The Hall–Kier alpha value is -9.19. The van der Waals surface area contributed by atoms with Gasteiger partial charge in [0.2, 0.25) is 0 Å². The summed E-state index contributed by atoms with van der Waals surface area (Å²) in [6, 6.07) is 29.6. The molecule has 0 saturated carbocycles. The molecule has 0 aliphatic heterocycles. The number of ether oxygens (including phenoxy) is 11. The second-order valence-corrected chi connectivity index (χ2v) is 18.5. The zero-order chi connectivity index (χ0) is 59.3. The van der Waals surface area contributed by atoms with Crippen molar-refractivity contribution in [3.8, 4) is 40.2 Å². The minimum absolute atomic E-state index is 0.0267. The molecule has 5 aromatic rings. The molecule has 0 bridgehead atoms. The summed E-state index contributed by atoms with van der Waals surface area (Å²) in [5.74, 6) is -2.04. The highest BCUT2D eigenvalue weighted by molar-refractivity contribution is 5.97. The molecule has 0 N–H and O–H groups in total. The minimum Gasteiger partial charge on any atom is -0.494 e. The Morgan fingerprint density at radius 1 is 0.289 bits per heavy atom. The molecule has 440 valence electrons. The van der Waals surface area contributed by atoms with Crippen LogP contribution in [0.2, 0.25) is 0 Å². The van der Waals surface area contributed by atoms with Crippen molar-refractivity contribution >= 4 is 41.8 Å². The first-order valence-electron chi connectivity index (χ1n) is 27.7. The van der Waals surface area contributed by atoms with E-state index in [0.29, 0.717) is 68.2 Å². The van der Waals surface area contributed by atoms with E-state index in [1.807, 2.05) is 0 Å². The van der Waals surface area contributed by atoms with Crippen LogP contribution in [0.3, 0.4) is 0 Å². The molecule has 0 atom stereocenters. The molecular weight excluding hydrogens is 1070 g/mol. The summed E-state index contributed by atoms with van der Waals surface area (Å²) in [5, 5.41) is 0. The van der Waals surface area contributed by atoms with Gasteiger partial charge in [-0.1, -0.05) is 58.3 Å². The first kappa shape index (κ1) is 64.6. The maximum Gasteiger partial charge on any atom is 0.343 e. The summed E-state index contributed by atoms with van der Waals surface area (Å²) in [5.41, 5.74) is 0.506. The third-order valence-corrected chi connectivity index (χ3v) is 12.1. The lowest BCUT2D eigenvalue weighted by atomic mass is 10.1. The number of carbonyl (C=O) groups excluding carboxylic acids is 7. The van der Waals surface area contributed by atoms with Crippen LogP contribution >= 0.6 is 0 Å². The zero-order valence-electron chi connectivity index (χ0n) is 46.7. The fraction of sp³-hybridized carbons (Fsp3) is 0.338. The molecule has 0 unspecified atom stereocenters. The fourth-order valence-electron chi connectivity index (χ4n) is 7.64. The van der Waals surface area contributed by atoms with Crippen molar-refractivity contribution < 1.29 is 85.7 Å². The molecule has 18 nitrogen and oxygen atoms in total. The Morgan fingerprint density at radius 2 is 0.590 bits per heavy atom. The molecule has 0 spiro atoms. The summed E-state index contributed by atoms with van der Waals surface area (Å²) in [6.07, 6.45) is 15.6. The van der Waals surface area contributed by atoms with Gasteiger partial charge in [0, 0.05) is 18.2 Å². The van der Waals surface area contributed by atoms with Crippen LogP contribution in [0.25, 0.3) is 0 Å². The minimum atomic E-state index is -0.899. The van der Waals surface area contributed by atoms with Gasteiger partial charge in [0.1, 0.15) is 59.0 Å². The van der Waals surface area contributed by atoms with Gasteiger partial charge < -0.3 is 52.1 Å². The summed E-state index contributed by atoms with van der Waals surface area (Å²) in [7, 11) is 0. The third-order valence-electron chi connectivity index (χ3n) is 12.1. The average molecular weight is 1140 g/mol. The van der Waals surface area contributed by atoms with Crippen LogP contribution in [0.15, 0.2) is 153 Å². The van der Waals surface area contributed by atoms with Crippen LogP contribution in [0.1, 0.15) is 131 Å². The van der Waals surface area contributed by atoms with Gasteiger partial charge in [-0.25, -0.2) is 33.6 Å². The number of rotatable bonds is 40. The molecule has 0 heterocycles. The Bertz CT molecular complexity index is 2860. The number of unbranched alkanes of at least 4 members (excludes halogenated alkanes) is 11. The van der Waals surface area contributed by atoms with E-state index >= 15 is 0 Å². The Kier molecular flexibility index (Phi) is 29.3. The molecule has 0 aromatic heterocycles. The Balaban J connectivity index is 1.11. The molecule has 5 rings (SSSR count). The van der Waals surface area contributed by atoms with Gasteiger partial charge >= 0.3 is 41.8 Å². The van der Waals surface area contributed by atoms with Gasteiger partial charge in [0.25, 0.3) is 0 Å². The largest absolute Gasteiger partial charge is 0.494 e. The van der Waals surface area contributed by atoms with Crippen LogP contribution in [0.4, 0.5) is 0 Å². The van der Waals surface area contributed by atoms with E-state index in [9.17, 15) is 33.6 Å². The quantitative estimate of drug-likeness (QED) is 0.0117. The van der Waals surface area contributed by atoms with Gasteiger partial charge in [-0.3, -0.25) is 0 Å². The Labute approximate surface area is 484 Å². The van der Waals surface area contributed by atoms with Crippen LogP contribution in [-0.2, 0) is 33.3 Å². The monoisotopic (exact) mass is 1140 g/mol. The standard InChI is InChI=1S/C65H72O18/c1-4-59(66)77-42-18-11-7-9-15-39-73-52-29-23-49(24-30-52)63(70)82-56-37-38-58(83-64(71)50-25-31-53(32-26-50)74-40-16-10-8-12-19-43-78-60(67)5-2)57(47-56)65(72)80-46-45-76-54-33-35-55(36-34-54)81-62(69)48-21-27-51(28-22-48)75-41-17-13-14-20-44-79-61(68)6-3/h4-6,21-38,47H,1-3,7-20,39-46H2. The van der Waals surface area contributed by atoms with Crippen molar-refractivity contribution in [2.45, 2.75) is 89.9 Å². The SMILES string of the molecule is C=CC(=O)OCCCCCCCOc1ccc(C(=O)Oc2ccc(OC(=O)c3ccc(OCCCCCCCOC(=O)C=C)cc3)c(C(=O)OCCOc3ccc(OC(=O)c4ccc(OCCCCCCOC(=O)C=C)cc4)cc3)c2)cc1. The number of hydrogen-bond acceptors (Lipinski definition) is 18. The van der Waals surface area contributed by atoms with E-state index < -0.39 is 41.8 Å². The molecule has 0 amide bonds. The van der Waals surface area contributed by atoms with Crippen LogP contribution in [0, 0.1) is 0 Å². The van der Waals surface area contributed by atoms with Crippen molar-refractivity contribution in [3.63, 3.8) is 0 Å². The lowest BCUT2D eigenvalue weighted by Gasteiger charge is -2.13. The van der Waals surface area contributed by atoms with Crippen molar-refractivity contribution in [2.75, 3.05) is 52.9 Å². The second kappa shape index (κ2) is 37.7. The van der Waals surface area contributed by atoms with E-state index in [1.165, 1.54) is 30.3 Å². The summed E-state index contributed by atoms with van der Waals surface area (Å²) < 4.78 is 60.7. The highest BCUT2D eigenvalue weighted by Gasteiger charge is 2.21. The highest BCUT2D eigenvalue weighted by Crippen LogP contribution is 2.28. The lowest BCUT2D eigenvalue weighted by Crippen LogP contribution is -2.16. The molecular formula is C65H72O18. The number of carbonyl (C=O) groups is 7. The fourth-order valence-corrected chi connectivity index (χ4v) is 7.64. The van der Waals surface area contributed by atoms with Gasteiger partial charge in [-0.05, 0) is 167 Å². The molecule has 0 saturated heterocycles. The molecule has 0 radical (unpaired) electrons. The molecule has 18 heteroatoms. The topological polar surface area (TPSA) is 221 Å². The average Bonchev–Trinajstić information content (AvgIpc) is 3.50. The summed E-state index contributed by atoms with van der Waals surface area (Å²) in [4.78, 5) is 86.8. The first-order chi connectivity index (χ1) is 40.4. The summed E-state index contributed by atoms with van der Waals surface area (Å²) >= 11 is 0.